The molecule has 1 aromatic carbocycles. The highest BCUT2D eigenvalue weighted by molar-refractivity contribution is 5.87. The van der Waals surface area contributed by atoms with Crippen LogP contribution in [0.3, 0.4) is 0 Å². The van der Waals surface area contributed by atoms with Crippen molar-refractivity contribution in [2.75, 3.05) is 0 Å². The zero-order valence-electron chi connectivity index (χ0n) is 11.6. The SMILES string of the molecule is CC(C)CC1CCC=Nc2cnc3ccccc3c21. The Morgan fingerprint density at radius 1 is 1.26 bits per heavy atom. The molecule has 19 heavy (non-hydrogen) atoms. The van der Waals surface area contributed by atoms with Crippen molar-refractivity contribution in [3.63, 3.8) is 0 Å². The van der Waals surface area contributed by atoms with Gasteiger partial charge in [-0.1, -0.05) is 32.0 Å². The van der Waals surface area contributed by atoms with E-state index < -0.39 is 0 Å². The van der Waals surface area contributed by atoms with E-state index >= 15 is 0 Å². The summed E-state index contributed by atoms with van der Waals surface area (Å²) in [4.78, 5) is 9.14. The van der Waals surface area contributed by atoms with E-state index in [-0.39, 0.29) is 0 Å². The van der Waals surface area contributed by atoms with Crippen LogP contribution < -0.4 is 0 Å². The van der Waals surface area contributed by atoms with E-state index in [9.17, 15) is 0 Å². The molecule has 0 fully saturated rings. The lowest BCUT2D eigenvalue weighted by Gasteiger charge is -2.20. The van der Waals surface area contributed by atoms with Gasteiger partial charge in [-0.3, -0.25) is 9.98 Å². The second-order valence-corrected chi connectivity index (χ2v) is 5.79. The van der Waals surface area contributed by atoms with Gasteiger partial charge < -0.3 is 0 Å². The smallest absolute Gasteiger partial charge is 0.0850 e. The summed E-state index contributed by atoms with van der Waals surface area (Å²) in [5, 5.41) is 1.28. The molecule has 3 rings (SSSR count). The van der Waals surface area contributed by atoms with Gasteiger partial charge in [0.1, 0.15) is 0 Å². The number of pyridine rings is 1. The number of aromatic nitrogens is 1. The summed E-state index contributed by atoms with van der Waals surface area (Å²) in [5.74, 6) is 1.31. The highest BCUT2D eigenvalue weighted by Gasteiger charge is 2.21. The average Bonchev–Trinajstić information content (AvgIpc) is 2.61. The van der Waals surface area contributed by atoms with Gasteiger partial charge in [-0.25, -0.2) is 0 Å². The lowest BCUT2D eigenvalue weighted by atomic mass is 9.85. The van der Waals surface area contributed by atoms with Gasteiger partial charge in [0, 0.05) is 11.6 Å². The molecule has 0 radical (unpaired) electrons. The molecule has 2 aromatic rings. The van der Waals surface area contributed by atoms with Gasteiger partial charge in [0.05, 0.1) is 17.4 Å². The van der Waals surface area contributed by atoms with Crippen LogP contribution in [0.2, 0.25) is 0 Å². The van der Waals surface area contributed by atoms with E-state index in [2.05, 4.69) is 54.3 Å². The Hall–Kier alpha value is -1.70. The monoisotopic (exact) mass is 252 g/mol. The summed E-state index contributed by atoms with van der Waals surface area (Å²) in [6.45, 7) is 4.60. The second kappa shape index (κ2) is 5.12. The first-order valence-corrected chi connectivity index (χ1v) is 7.16. The van der Waals surface area contributed by atoms with E-state index in [1.165, 1.54) is 23.8 Å². The van der Waals surface area contributed by atoms with Crippen LogP contribution in [0.15, 0.2) is 35.5 Å². The second-order valence-electron chi connectivity index (χ2n) is 5.79. The number of aliphatic imine (C=N–C) groups is 1. The molecule has 1 atom stereocenters. The number of nitrogens with zero attached hydrogens (tertiary/aromatic N) is 2. The molecular formula is C17H20N2. The predicted octanol–water partition coefficient (Wildman–Crippen LogP) is 4.86. The first kappa shape index (κ1) is 12.3. The van der Waals surface area contributed by atoms with Crippen LogP contribution in [0, 0.1) is 5.92 Å². The molecule has 0 saturated carbocycles. The van der Waals surface area contributed by atoms with Crippen molar-refractivity contribution in [1.82, 2.24) is 4.98 Å². The first-order valence-electron chi connectivity index (χ1n) is 7.16. The third-order valence-electron chi connectivity index (χ3n) is 3.83. The standard InChI is InChI=1S/C17H20N2/c1-12(2)10-13-6-5-9-18-16-11-19-15-8-4-3-7-14(15)17(13)16/h3-4,7-9,11-13H,5-6,10H2,1-2H3. The number of hydrogen-bond donors (Lipinski definition) is 0. The molecule has 0 aliphatic carbocycles. The number of para-hydroxylation sites is 1. The van der Waals surface area contributed by atoms with Gasteiger partial charge >= 0.3 is 0 Å². The number of hydrogen-bond acceptors (Lipinski definition) is 2. The predicted molar refractivity (Wildman–Crippen MR) is 81.3 cm³/mol. The fourth-order valence-corrected chi connectivity index (χ4v) is 3.07. The minimum absolute atomic E-state index is 0.602. The average molecular weight is 252 g/mol. The Morgan fingerprint density at radius 2 is 2.11 bits per heavy atom. The van der Waals surface area contributed by atoms with Crippen molar-refractivity contribution < 1.29 is 0 Å². The van der Waals surface area contributed by atoms with Crippen molar-refractivity contribution >= 4 is 22.8 Å². The molecule has 2 heteroatoms. The molecule has 1 aromatic heterocycles. The van der Waals surface area contributed by atoms with Crippen LogP contribution in [0.4, 0.5) is 5.69 Å². The van der Waals surface area contributed by atoms with E-state index in [0.717, 1.165) is 17.6 Å². The Morgan fingerprint density at radius 3 is 2.95 bits per heavy atom. The Balaban J connectivity index is 2.19. The summed E-state index contributed by atoms with van der Waals surface area (Å²) in [7, 11) is 0. The van der Waals surface area contributed by atoms with Crippen molar-refractivity contribution in [2.45, 2.75) is 39.0 Å². The maximum absolute atomic E-state index is 4.61. The number of fused-ring (bicyclic) bond motifs is 3. The molecule has 0 saturated heterocycles. The Kier molecular flexibility index (Phi) is 3.33. The maximum Gasteiger partial charge on any atom is 0.0850 e. The molecule has 0 bridgehead atoms. The van der Waals surface area contributed by atoms with Gasteiger partial charge in [0.25, 0.3) is 0 Å². The third kappa shape index (κ3) is 2.40. The molecule has 1 unspecified atom stereocenters. The van der Waals surface area contributed by atoms with Crippen LogP contribution in [0.1, 0.15) is 44.6 Å². The van der Waals surface area contributed by atoms with Crippen LogP contribution in [0.5, 0.6) is 0 Å². The van der Waals surface area contributed by atoms with E-state index in [1.54, 1.807) is 0 Å². The molecule has 0 N–H and O–H groups in total. The van der Waals surface area contributed by atoms with Crippen molar-refractivity contribution in [2.24, 2.45) is 10.9 Å². The molecule has 1 aliphatic rings. The van der Waals surface area contributed by atoms with Crippen molar-refractivity contribution in [3.05, 3.63) is 36.0 Å². The highest BCUT2D eigenvalue weighted by atomic mass is 14.8. The van der Waals surface area contributed by atoms with Gasteiger partial charge in [0.15, 0.2) is 0 Å². The zero-order chi connectivity index (χ0) is 13.2. The summed E-state index contributed by atoms with van der Waals surface area (Å²) in [5.41, 5.74) is 3.57. The number of benzene rings is 1. The normalized spacial score (nSPS) is 18.6. The van der Waals surface area contributed by atoms with Crippen molar-refractivity contribution in [3.8, 4) is 0 Å². The molecular weight excluding hydrogens is 232 g/mol. The van der Waals surface area contributed by atoms with Gasteiger partial charge in [0.2, 0.25) is 0 Å². The number of rotatable bonds is 2. The quantitative estimate of drug-likeness (QED) is 0.749. The molecule has 2 heterocycles. The van der Waals surface area contributed by atoms with Gasteiger partial charge in [-0.05, 0) is 42.7 Å². The third-order valence-corrected chi connectivity index (χ3v) is 3.83. The molecule has 98 valence electrons. The molecule has 2 nitrogen and oxygen atoms in total. The van der Waals surface area contributed by atoms with E-state index in [0.29, 0.717) is 11.8 Å². The van der Waals surface area contributed by atoms with Crippen LogP contribution in [-0.4, -0.2) is 11.2 Å². The lowest BCUT2D eigenvalue weighted by Crippen LogP contribution is -2.04. The van der Waals surface area contributed by atoms with Gasteiger partial charge in [-0.15, -0.1) is 0 Å². The summed E-state index contributed by atoms with van der Waals surface area (Å²) >= 11 is 0. The Bertz CT molecular complexity index is 614. The van der Waals surface area contributed by atoms with Crippen molar-refractivity contribution in [1.29, 1.82) is 0 Å². The zero-order valence-corrected chi connectivity index (χ0v) is 11.6. The fraction of sp³-hybridized carbons (Fsp3) is 0.412. The first-order chi connectivity index (χ1) is 9.25. The largest absolute Gasteiger partial charge is 0.259 e. The minimum Gasteiger partial charge on any atom is -0.259 e. The topological polar surface area (TPSA) is 25.2 Å². The van der Waals surface area contributed by atoms with E-state index in [1.807, 2.05) is 6.20 Å². The maximum atomic E-state index is 4.61. The molecule has 1 aliphatic heterocycles. The lowest BCUT2D eigenvalue weighted by molar-refractivity contribution is 0.487. The highest BCUT2D eigenvalue weighted by Crippen LogP contribution is 2.40. The molecule has 0 spiro atoms. The van der Waals surface area contributed by atoms with Gasteiger partial charge in [-0.2, -0.15) is 0 Å². The minimum atomic E-state index is 0.602. The van der Waals surface area contributed by atoms with Crippen LogP contribution >= 0.6 is 0 Å². The summed E-state index contributed by atoms with van der Waals surface area (Å²) in [6, 6.07) is 8.44. The summed E-state index contributed by atoms with van der Waals surface area (Å²) in [6.07, 6.45) is 7.48. The molecule has 0 amide bonds. The summed E-state index contributed by atoms with van der Waals surface area (Å²) < 4.78 is 0. The van der Waals surface area contributed by atoms with Crippen LogP contribution in [-0.2, 0) is 0 Å². The van der Waals surface area contributed by atoms with E-state index in [4.69, 9.17) is 0 Å². The Labute approximate surface area is 114 Å². The fourth-order valence-electron chi connectivity index (χ4n) is 3.07. The van der Waals surface area contributed by atoms with Crippen LogP contribution in [0.25, 0.3) is 10.9 Å².